The lowest BCUT2D eigenvalue weighted by molar-refractivity contribution is 0.102. The third kappa shape index (κ3) is 4.68. The van der Waals surface area contributed by atoms with E-state index in [1.165, 1.54) is 42.7 Å². The number of pyridine rings is 1. The molecule has 172 valence electrons. The molecule has 4 nitrogen and oxygen atoms in total. The average Bonchev–Trinajstić information content (AvgIpc) is 3.33. The zero-order valence-corrected chi connectivity index (χ0v) is 18.9. The Hall–Kier alpha value is -3.64. The lowest BCUT2D eigenvalue weighted by Crippen LogP contribution is -2.18. The van der Waals surface area contributed by atoms with Gasteiger partial charge in [0.05, 0.1) is 11.1 Å². The van der Waals surface area contributed by atoms with Crippen LogP contribution in [0.4, 0.5) is 14.5 Å². The predicted octanol–water partition coefficient (Wildman–Crippen LogP) is 6.34. The van der Waals surface area contributed by atoms with Gasteiger partial charge in [-0.25, -0.2) is 8.78 Å². The number of likely N-dealkylation sites (tertiary alicyclic amines) is 1. The molecule has 0 atom stereocenters. The largest absolute Gasteiger partial charge is 0.322 e. The smallest absolute Gasteiger partial charge is 0.258 e. The average molecular weight is 458 g/mol. The first kappa shape index (κ1) is 22.2. The highest BCUT2D eigenvalue weighted by molar-refractivity contribution is 6.06. The standard InChI is InChI=1S/C28H25F2N3O/c1-18-12-22-13-19(17-33-10-2-3-11-33)16-31-27(22)15-26(18)32-28(34)24-9-6-21(14-25(24)30)20-4-7-23(29)8-5-20/h4-9,12-16H,2-3,10-11,17H2,1H3,(H,32,34). The Balaban J connectivity index is 1.35. The number of nitrogens with zero attached hydrogens (tertiary/aromatic N) is 2. The Kier molecular flexibility index (Phi) is 6.07. The molecule has 1 N–H and O–H groups in total. The minimum absolute atomic E-state index is 0.0562. The highest BCUT2D eigenvalue weighted by Gasteiger charge is 2.16. The van der Waals surface area contributed by atoms with Crippen molar-refractivity contribution in [1.82, 2.24) is 9.88 Å². The molecule has 34 heavy (non-hydrogen) atoms. The second kappa shape index (κ2) is 9.31. The van der Waals surface area contributed by atoms with Gasteiger partial charge in [-0.1, -0.05) is 18.2 Å². The molecule has 0 saturated carbocycles. The maximum Gasteiger partial charge on any atom is 0.258 e. The van der Waals surface area contributed by atoms with Crippen LogP contribution in [0.25, 0.3) is 22.0 Å². The summed E-state index contributed by atoms with van der Waals surface area (Å²) in [5.74, 6) is -1.53. The summed E-state index contributed by atoms with van der Waals surface area (Å²) in [6.45, 7) is 5.07. The second-order valence-electron chi connectivity index (χ2n) is 8.84. The van der Waals surface area contributed by atoms with Crippen LogP contribution < -0.4 is 5.32 Å². The van der Waals surface area contributed by atoms with E-state index >= 15 is 0 Å². The van der Waals surface area contributed by atoms with E-state index in [-0.39, 0.29) is 11.4 Å². The molecular weight excluding hydrogens is 432 g/mol. The summed E-state index contributed by atoms with van der Waals surface area (Å²) in [5, 5.41) is 3.84. The lowest BCUT2D eigenvalue weighted by Gasteiger charge is -2.15. The van der Waals surface area contributed by atoms with Gasteiger partial charge in [0, 0.05) is 23.8 Å². The first-order chi connectivity index (χ1) is 16.5. The molecule has 1 aromatic heterocycles. The van der Waals surface area contributed by atoms with Gasteiger partial charge in [-0.15, -0.1) is 0 Å². The summed E-state index contributed by atoms with van der Waals surface area (Å²) in [5.41, 5.74) is 4.62. The van der Waals surface area contributed by atoms with Crippen LogP contribution >= 0.6 is 0 Å². The number of aromatic nitrogens is 1. The van der Waals surface area contributed by atoms with Crippen LogP contribution in [0, 0.1) is 18.6 Å². The molecule has 0 bridgehead atoms. The molecule has 1 fully saturated rings. The molecule has 6 heteroatoms. The fourth-order valence-corrected chi connectivity index (χ4v) is 4.47. The summed E-state index contributed by atoms with van der Waals surface area (Å²) in [7, 11) is 0. The van der Waals surface area contributed by atoms with Crippen LogP contribution in [-0.2, 0) is 6.54 Å². The molecule has 2 heterocycles. The monoisotopic (exact) mass is 457 g/mol. The van der Waals surface area contributed by atoms with Crippen molar-refractivity contribution in [2.24, 2.45) is 0 Å². The number of carbonyl (C=O) groups excluding carboxylic acids is 1. The molecule has 0 radical (unpaired) electrons. The lowest BCUT2D eigenvalue weighted by atomic mass is 10.0. The number of halogens is 2. The van der Waals surface area contributed by atoms with Crippen LogP contribution in [0.1, 0.15) is 34.3 Å². The number of benzene rings is 3. The zero-order valence-electron chi connectivity index (χ0n) is 18.9. The molecule has 5 rings (SSSR count). The van der Waals surface area contributed by atoms with E-state index < -0.39 is 11.7 Å². The maximum absolute atomic E-state index is 14.8. The molecular formula is C28H25F2N3O. The number of anilines is 1. The predicted molar refractivity (Wildman–Crippen MR) is 131 cm³/mol. The van der Waals surface area contributed by atoms with Gasteiger partial charge in [-0.3, -0.25) is 14.7 Å². The Labute approximate surface area is 197 Å². The van der Waals surface area contributed by atoms with E-state index in [4.69, 9.17) is 0 Å². The summed E-state index contributed by atoms with van der Waals surface area (Å²) in [6.07, 6.45) is 4.38. The minimum Gasteiger partial charge on any atom is -0.322 e. The third-order valence-corrected chi connectivity index (χ3v) is 6.33. The number of nitrogens with one attached hydrogen (secondary N) is 1. The molecule has 0 aliphatic carbocycles. The normalized spacial score (nSPS) is 14.0. The van der Waals surface area contributed by atoms with Gasteiger partial charge in [-0.05, 0) is 97.6 Å². The summed E-state index contributed by atoms with van der Waals surface area (Å²) >= 11 is 0. The number of hydrogen-bond acceptors (Lipinski definition) is 3. The summed E-state index contributed by atoms with van der Waals surface area (Å²) in [6, 6.07) is 16.2. The van der Waals surface area contributed by atoms with Gasteiger partial charge in [0.25, 0.3) is 5.91 Å². The van der Waals surface area contributed by atoms with Gasteiger partial charge in [0.1, 0.15) is 11.6 Å². The molecule has 0 unspecified atom stereocenters. The van der Waals surface area contributed by atoms with Crippen LogP contribution in [0.3, 0.4) is 0 Å². The molecule has 4 aromatic rings. The number of fused-ring (bicyclic) bond motifs is 1. The van der Waals surface area contributed by atoms with E-state index in [0.29, 0.717) is 16.8 Å². The molecule has 3 aromatic carbocycles. The maximum atomic E-state index is 14.8. The highest BCUT2D eigenvalue weighted by atomic mass is 19.1. The zero-order chi connectivity index (χ0) is 23.7. The van der Waals surface area contributed by atoms with E-state index in [0.717, 1.165) is 36.1 Å². The van der Waals surface area contributed by atoms with Crippen molar-refractivity contribution in [2.75, 3.05) is 18.4 Å². The SMILES string of the molecule is Cc1cc2cc(CN3CCCC3)cnc2cc1NC(=O)c1ccc(-c2ccc(F)cc2)cc1F. The highest BCUT2D eigenvalue weighted by Crippen LogP contribution is 2.26. The van der Waals surface area contributed by atoms with E-state index in [9.17, 15) is 13.6 Å². The van der Waals surface area contributed by atoms with Crippen molar-refractivity contribution in [3.63, 3.8) is 0 Å². The first-order valence-electron chi connectivity index (χ1n) is 11.4. The fourth-order valence-electron chi connectivity index (χ4n) is 4.47. The molecule has 1 saturated heterocycles. The molecule has 1 amide bonds. The quantitative estimate of drug-likeness (QED) is 0.381. The second-order valence-corrected chi connectivity index (χ2v) is 8.84. The molecule has 1 aliphatic rings. The minimum atomic E-state index is -0.637. The molecule has 1 aliphatic heterocycles. The van der Waals surface area contributed by atoms with Gasteiger partial charge in [0.15, 0.2) is 0 Å². The summed E-state index contributed by atoms with van der Waals surface area (Å²) in [4.78, 5) is 19.9. The Morgan fingerprint density at radius 3 is 2.44 bits per heavy atom. The third-order valence-electron chi connectivity index (χ3n) is 6.33. The van der Waals surface area contributed by atoms with E-state index in [1.54, 1.807) is 18.2 Å². The van der Waals surface area contributed by atoms with Crippen molar-refractivity contribution in [3.8, 4) is 11.1 Å². The Morgan fingerprint density at radius 1 is 0.971 bits per heavy atom. The van der Waals surface area contributed by atoms with Crippen molar-refractivity contribution >= 4 is 22.5 Å². The Morgan fingerprint density at radius 2 is 1.71 bits per heavy atom. The topological polar surface area (TPSA) is 45.2 Å². The van der Waals surface area contributed by atoms with Gasteiger partial charge in [-0.2, -0.15) is 0 Å². The van der Waals surface area contributed by atoms with Gasteiger partial charge < -0.3 is 5.32 Å². The number of hydrogen-bond donors (Lipinski definition) is 1. The van der Waals surface area contributed by atoms with Crippen molar-refractivity contribution in [1.29, 1.82) is 0 Å². The molecule has 0 spiro atoms. The number of carbonyl (C=O) groups is 1. The number of rotatable bonds is 5. The Bertz CT molecular complexity index is 1360. The van der Waals surface area contributed by atoms with E-state index in [1.807, 2.05) is 25.3 Å². The van der Waals surface area contributed by atoms with Crippen molar-refractivity contribution in [2.45, 2.75) is 26.3 Å². The fraction of sp³-hybridized carbons (Fsp3) is 0.214. The first-order valence-corrected chi connectivity index (χ1v) is 11.4. The van der Waals surface area contributed by atoms with Gasteiger partial charge >= 0.3 is 0 Å². The van der Waals surface area contributed by atoms with Crippen LogP contribution in [-0.4, -0.2) is 28.9 Å². The van der Waals surface area contributed by atoms with Crippen molar-refractivity contribution in [3.05, 3.63) is 95.2 Å². The van der Waals surface area contributed by atoms with Gasteiger partial charge in [0.2, 0.25) is 0 Å². The van der Waals surface area contributed by atoms with E-state index in [2.05, 4.69) is 21.3 Å². The number of aryl methyl sites for hydroxylation is 1. The van der Waals surface area contributed by atoms with Crippen LogP contribution in [0.2, 0.25) is 0 Å². The van der Waals surface area contributed by atoms with Crippen LogP contribution in [0.5, 0.6) is 0 Å². The van der Waals surface area contributed by atoms with Crippen molar-refractivity contribution < 1.29 is 13.6 Å². The summed E-state index contributed by atoms with van der Waals surface area (Å²) < 4.78 is 27.9. The number of amides is 1. The van der Waals surface area contributed by atoms with Crippen LogP contribution in [0.15, 0.2) is 66.9 Å².